The van der Waals surface area contributed by atoms with Crippen LogP contribution in [0.5, 0.6) is 0 Å². The van der Waals surface area contributed by atoms with Gasteiger partial charge in [-0.25, -0.2) is 0 Å². The van der Waals surface area contributed by atoms with Crippen molar-refractivity contribution in [2.24, 2.45) is 5.92 Å². The maximum absolute atomic E-state index is 5.60. The van der Waals surface area contributed by atoms with Crippen LogP contribution in [0.2, 0.25) is 0 Å². The van der Waals surface area contributed by atoms with E-state index in [1.165, 1.54) is 0 Å². The van der Waals surface area contributed by atoms with Crippen molar-refractivity contribution in [3.63, 3.8) is 0 Å². The Hall–Kier alpha value is 0.200. The highest BCUT2D eigenvalue weighted by Crippen LogP contribution is 2.29. The van der Waals surface area contributed by atoms with Crippen molar-refractivity contribution >= 4 is 28.4 Å². The third-order valence-corrected chi connectivity index (χ3v) is 3.43. The van der Waals surface area contributed by atoms with E-state index in [0.717, 1.165) is 24.0 Å². The first kappa shape index (κ1) is 11.3. The largest absolute Gasteiger partial charge is 0.480 e. The van der Waals surface area contributed by atoms with Crippen molar-refractivity contribution in [2.75, 3.05) is 19.5 Å². The van der Waals surface area contributed by atoms with E-state index in [1.807, 2.05) is 6.26 Å². The SMILES string of the molecule is C[SH2]C(=S)OCC1COC(C)(C)C1. The number of ether oxygens (including phenoxy) is 2. The molecule has 0 bridgehead atoms. The quantitative estimate of drug-likeness (QED) is 0.665. The lowest BCUT2D eigenvalue weighted by Gasteiger charge is -2.15. The molecular formula is C9H18O2S2. The summed E-state index contributed by atoms with van der Waals surface area (Å²) in [5, 5.41) is 0. The summed E-state index contributed by atoms with van der Waals surface area (Å²) in [6.07, 6.45) is 3.11. The molecule has 1 rings (SSSR count). The van der Waals surface area contributed by atoms with Crippen molar-refractivity contribution in [2.45, 2.75) is 25.9 Å². The Morgan fingerprint density at radius 2 is 2.38 bits per heavy atom. The van der Waals surface area contributed by atoms with E-state index < -0.39 is 0 Å². The van der Waals surface area contributed by atoms with E-state index >= 15 is 0 Å². The molecule has 78 valence electrons. The van der Waals surface area contributed by atoms with E-state index in [2.05, 4.69) is 13.8 Å². The van der Waals surface area contributed by atoms with Crippen LogP contribution in [-0.2, 0) is 9.47 Å². The average Bonchev–Trinajstić information content (AvgIpc) is 2.41. The molecule has 0 aromatic carbocycles. The molecule has 1 fully saturated rings. The molecule has 0 amide bonds. The van der Waals surface area contributed by atoms with Crippen LogP contribution in [-0.4, -0.2) is 29.5 Å². The fourth-order valence-electron chi connectivity index (χ4n) is 1.53. The summed E-state index contributed by atoms with van der Waals surface area (Å²) >= 11 is 5.61. The second kappa shape index (κ2) is 4.62. The molecule has 4 heteroatoms. The van der Waals surface area contributed by atoms with Gasteiger partial charge in [0, 0.05) is 5.92 Å². The molecule has 2 nitrogen and oxygen atoms in total. The first-order valence-electron chi connectivity index (χ1n) is 4.52. The summed E-state index contributed by atoms with van der Waals surface area (Å²) in [4.78, 5) is 0. The Morgan fingerprint density at radius 3 is 2.85 bits per heavy atom. The Labute approximate surface area is 89.4 Å². The smallest absolute Gasteiger partial charge is 0.196 e. The van der Waals surface area contributed by atoms with Crippen LogP contribution in [0.15, 0.2) is 0 Å². The molecule has 0 N–H and O–H groups in total. The molecule has 1 atom stereocenters. The highest BCUT2D eigenvalue weighted by Gasteiger charge is 2.32. The topological polar surface area (TPSA) is 18.5 Å². The van der Waals surface area contributed by atoms with E-state index in [9.17, 15) is 0 Å². The predicted molar refractivity (Wildman–Crippen MR) is 63.0 cm³/mol. The monoisotopic (exact) mass is 222 g/mol. The minimum Gasteiger partial charge on any atom is -0.480 e. The van der Waals surface area contributed by atoms with Gasteiger partial charge in [-0.05, 0) is 38.7 Å². The van der Waals surface area contributed by atoms with Crippen LogP contribution >= 0.6 is 24.0 Å². The lowest BCUT2D eigenvalue weighted by molar-refractivity contribution is 0.0340. The van der Waals surface area contributed by atoms with Gasteiger partial charge in [0.05, 0.1) is 18.8 Å². The van der Waals surface area contributed by atoms with Crippen LogP contribution in [0.1, 0.15) is 20.3 Å². The van der Waals surface area contributed by atoms with E-state index in [-0.39, 0.29) is 5.60 Å². The summed E-state index contributed by atoms with van der Waals surface area (Å²) in [6, 6.07) is 0. The number of rotatable bonds is 2. The second-order valence-corrected chi connectivity index (χ2v) is 5.68. The molecule has 1 aliphatic rings. The van der Waals surface area contributed by atoms with Gasteiger partial charge in [-0.15, -0.1) is 0 Å². The summed E-state index contributed by atoms with van der Waals surface area (Å²) in [7, 11) is 0. The predicted octanol–water partition coefficient (Wildman–Crippen LogP) is 1.93. The standard InChI is InChI=1S/C9H18O2S2/c1-9(2)4-7(6-11-9)5-10-8(12)13-3/h7H,4-6,13H2,1-3H3. The molecule has 0 aliphatic carbocycles. The highest BCUT2D eigenvalue weighted by molar-refractivity contribution is 8.22. The number of hydrogen-bond donors (Lipinski definition) is 0. The molecule has 1 unspecified atom stereocenters. The van der Waals surface area contributed by atoms with E-state index in [1.54, 1.807) is 0 Å². The van der Waals surface area contributed by atoms with Crippen LogP contribution in [0.3, 0.4) is 0 Å². The fraction of sp³-hybridized carbons (Fsp3) is 0.889. The van der Waals surface area contributed by atoms with Crippen molar-refractivity contribution in [1.82, 2.24) is 0 Å². The Kier molecular flexibility index (Phi) is 4.01. The molecule has 0 radical (unpaired) electrons. The molecule has 1 heterocycles. The van der Waals surface area contributed by atoms with Gasteiger partial charge >= 0.3 is 0 Å². The van der Waals surface area contributed by atoms with Gasteiger partial charge in [0.1, 0.15) is 0 Å². The molecule has 1 aliphatic heterocycles. The van der Waals surface area contributed by atoms with Gasteiger partial charge in [0.2, 0.25) is 0 Å². The van der Waals surface area contributed by atoms with Gasteiger partial charge < -0.3 is 9.47 Å². The van der Waals surface area contributed by atoms with Crippen LogP contribution in [0, 0.1) is 5.92 Å². The molecule has 13 heavy (non-hydrogen) atoms. The normalized spacial score (nSPS) is 27.5. The highest BCUT2D eigenvalue weighted by atomic mass is 32.2. The van der Waals surface area contributed by atoms with Gasteiger partial charge in [-0.3, -0.25) is 0 Å². The van der Waals surface area contributed by atoms with Crippen molar-refractivity contribution in [1.29, 1.82) is 0 Å². The first-order chi connectivity index (χ1) is 6.03. The van der Waals surface area contributed by atoms with E-state index in [4.69, 9.17) is 21.7 Å². The zero-order valence-corrected chi connectivity index (χ0v) is 10.2. The molecular weight excluding hydrogens is 204 g/mol. The van der Waals surface area contributed by atoms with Crippen LogP contribution < -0.4 is 0 Å². The molecule has 1 saturated heterocycles. The summed E-state index contributed by atoms with van der Waals surface area (Å²) < 4.78 is 11.8. The van der Waals surface area contributed by atoms with E-state index in [0.29, 0.717) is 17.7 Å². The van der Waals surface area contributed by atoms with Gasteiger partial charge in [0.25, 0.3) is 0 Å². The Morgan fingerprint density at radius 1 is 1.69 bits per heavy atom. The summed E-state index contributed by atoms with van der Waals surface area (Å²) in [5.41, 5.74) is 0.0319. The molecule has 0 saturated carbocycles. The van der Waals surface area contributed by atoms with Crippen molar-refractivity contribution < 1.29 is 9.47 Å². The number of thiocarbonyl (C=S) groups is 1. The Bertz CT molecular complexity index is 192. The van der Waals surface area contributed by atoms with Crippen molar-refractivity contribution in [3.05, 3.63) is 0 Å². The maximum atomic E-state index is 5.60. The number of hydrogen-bond acceptors (Lipinski definition) is 3. The zero-order valence-electron chi connectivity index (χ0n) is 8.42. The molecule has 0 aromatic rings. The Balaban J connectivity index is 2.21. The lowest BCUT2D eigenvalue weighted by atomic mass is 9.99. The molecule has 0 spiro atoms. The zero-order chi connectivity index (χ0) is 9.90. The molecule has 0 aromatic heterocycles. The third-order valence-electron chi connectivity index (χ3n) is 2.14. The minimum atomic E-state index is 0.0319. The lowest BCUT2D eigenvalue weighted by Crippen LogP contribution is -2.17. The summed E-state index contributed by atoms with van der Waals surface area (Å²) in [5.74, 6) is 0.518. The van der Waals surface area contributed by atoms with Crippen LogP contribution in [0.4, 0.5) is 0 Å². The third kappa shape index (κ3) is 3.83. The van der Waals surface area contributed by atoms with Crippen molar-refractivity contribution in [3.8, 4) is 0 Å². The van der Waals surface area contributed by atoms with Gasteiger partial charge in [-0.2, -0.15) is 11.8 Å². The second-order valence-electron chi connectivity index (χ2n) is 3.99. The van der Waals surface area contributed by atoms with Gasteiger partial charge in [0.15, 0.2) is 4.38 Å². The minimum absolute atomic E-state index is 0.0319. The summed E-state index contributed by atoms with van der Waals surface area (Å²) in [6.45, 7) is 5.77. The average molecular weight is 222 g/mol. The maximum Gasteiger partial charge on any atom is 0.196 e. The van der Waals surface area contributed by atoms with Crippen LogP contribution in [0.25, 0.3) is 0 Å². The fourth-order valence-corrected chi connectivity index (χ4v) is 1.82. The first-order valence-corrected chi connectivity index (χ1v) is 6.43. The van der Waals surface area contributed by atoms with Gasteiger partial charge in [-0.1, -0.05) is 0 Å².